The van der Waals surface area contributed by atoms with E-state index >= 15 is 0 Å². The molecule has 2 N–H and O–H groups in total. The van der Waals surface area contributed by atoms with E-state index < -0.39 is 6.09 Å². The fourth-order valence-corrected chi connectivity index (χ4v) is 5.78. The first-order chi connectivity index (χ1) is 16.1. The Hall–Kier alpha value is -2.71. The van der Waals surface area contributed by atoms with Crippen molar-refractivity contribution < 1.29 is 19.1 Å². The second-order valence-electron chi connectivity index (χ2n) is 7.81. The van der Waals surface area contributed by atoms with Gasteiger partial charge in [0.1, 0.15) is 17.2 Å². The number of anilines is 1. The van der Waals surface area contributed by atoms with Crippen LogP contribution in [0.25, 0.3) is 6.08 Å². The van der Waals surface area contributed by atoms with Crippen LogP contribution in [0.1, 0.15) is 27.3 Å². The highest BCUT2D eigenvalue weighted by atomic mass is 32.1. The summed E-state index contributed by atoms with van der Waals surface area (Å²) in [6.07, 6.45) is 4.41. The van der Waals surface area contributed by atoms with Crippen molar-refractivity contribution in [2.45, 2.75) is 25.4 Å². The molecule has 33 heavy (non-hydrogen) atoms. The third-order valence-corrected chi connectivity index (χ3v) is 7.59. The van der Waals surface area contributed by atoms with Gasteiger partial charge in [0.25, 0.3) is 0 Å². The van der Waals surface area contributed by atoms with Crippen LogP contribution in [0.3, 0.4) is 0 Å². The maximum Gasteiger partial charge on any atom is 0.407 e. The SMILES string of the molecule is N#Cc1c(NC(=O)/C=C/c2cccs2)sc2c1CCC(OC(=O)NCCN1CCOCC1)C2. The minimum Gasteiger partial charge on any atom is -0.446 e. The predicted molar refractivity (Wildman–Crippen MR) is 129 cm³/mol. The third kappa shape index (κ3) is 6.42. The molecule has 174 valence electrons. The summed E-state index contributed by atoms with van der Waals surface area (Å²) in [6, 6.07) is 6.08. The highest BCUT2D eigenvalue weighted by Gasteiger charge is 2.28. The van der Waals surface area contributed by atoms with E-state index in [4.69, 9.17) is 9.47 Å². The Morgan fingerprint density at radius 1 is 1.36 bits per heavy atom. The van der Waals surface area contributed by atoms with E-state index in [2.05, 4.69) is 21.6 Å². The molecule has 1 saturated heterocycles. The Bertz CT molecular complexity index is 1040. The van der Waals surface area contributed by atoms with Gasteiger partial charge in [-0.25, -0.2) is 4.79 Å². The average molecular weight is 487 g/mol. The number of nitriles is 1. The molecule has 1 aliphatic heterocycles. The van der Waals surface area contributed by atoms with Gasteiger partial charge in [-0.15, -0.1) is 22.7 Å². The van der Waals surface area contributed by atoms with Gasteiger partial charge in [-0.05, 0) is 35.9 Å². The highest BCUT2D eigenvalue weighted by Crippen LogP contribution is 2.38. The fourth-order valence-electron chi connectivity index (χ4n) is 3.89. The molecule has 1 unspecified atom stereocenters. The Labute approximate surface area is 200 Å². The van der Waals surface area contributed by atoms with Crippen LogP contribution in [0.4, 0.5) is 9.80 Å². The Morgan fingerprint density at radius 2 is 2.21 bits per heavy atom. The summed E-state index contributed by atoms with van der Waals surface area (Å²) in [5.41, 5.74) is 1.47. The van der Waals surface area contributed by atoms with Crippen LogP contribution in [0.5, 0.6) is 0 Å². The van der Waals surface area contributed by atoms with E-state index in [1.54, 1.807) is 17.4 Å². The van der Waals surface area contributed by atoms with E-state index in [9.17, 15) is 14.9 Å². The van der Waals surface area contributed by atoms with Gasteiger partial charge < -0.3 is 20.1 Å². The number of thiophene rings is 2. The number of morpholine rings is 1. The zero-order valence-electron chi connectivity index (χ0n) is 18.2. The Morgan fingerprint density at radius 3 is 2.97 bits per heavy atom. The normalized spacial score (nSPS) is 18.5. The van der Waals surface area contributed by atoms with Crippen molar-refractivity contribution in [2.24, 2.45) is 0 Å². The zero-order valence-corrected chi connectivity index (χ0v) is 19.8. The number of alkyl carbamates (subject to hydrolysis) is 1. The van der Waals surface area contributed by atoms with E-state index in [1.807, 2.05) is 17.5 Å². The van der Waals surface area contributed by atoms with Crippen LogP contribution in [-0.2, 0) is 27.1 Å². The molecule has 1 fully saturated rings. The number of fused-ring (bicyclic) bond motifs is 1. The molecule has 0 spiro atoms. The van der Waals surface area contributed by atoms with Gasteiger partial charge in [-0.2, -0.15) is 5.26 Å². The van der Waals surface area contributed by atoms with Crippen molar-refractivity contribution in [3.05, 3.63) is 44.5 Å². The van der Waals surface area contributed by atoms with Crippen LogP contribution < -0.4 is 10.6 Å². The standard InChI is InChI=1S/C23H26N4O4S2/c24-15-19-18-5-3-16(31-23(29)25-7-8-27-9-11-30-12-10-27)14-20(18)33-22(19)26-21(28)6-4-17-2-1-13-32-17/h1-2,4,6,13,16H,3,5,7-12,14H2,(H,25,29)(H,26,28)/b6-4+. The van der Waals surface area contributed by atoms with Crippen LogP contribution >= 0.6 is 22.7 Å². The van der Waals surface area contributed by atoms with Crippen LogP contribution in [0, 0.1) is 11.3 Å². The van der Waals surface area contributed by atoms with Crippen LogP contribution in [-0.4, -0.2) is 62.4 Å². The van der Waals surface area contributed by atoms with Gasteiger partial charge in [0, 0.05) is 48.4 Å². The summed E-state index contributed by atoms with van der Waals surface area (Å²) < 4.78 is 10.9. The molecule has 8 nitrogen and oxygen atoms in total. The summed E-state index contributed by atoms with van der Waals surface area (Å²) in [7, 11) is 0. The van der Waals surface area contributed by atoms with E-state index in [1.165, 1.54) is 17.4 Å². The van der Waals surface area contributed by atoms with Crippen molar-refractivity contribution in [3.8, 4) is 6.07 Å². The number of amides is 2. The number of rotatable bonds is 7. The molecule has 2 aromatic heterocycles. The predicted octanol–water partition coefficient (Wildman–Crippen LogP) is 3.25. The third-order valence-electron chi connectivity index (χ3n) is 5.59. The first-order valence-corrected chi connectivity index (χ1v) is 12.6. The average Bonchev–Trinajstić information content (AvgIpc) is 3.45. The topological polar surface area (TPSA) is 104 Å². The first kappa shape index (κ1) is 23.4. The lowest BCUT2D eigenvalue weighted by atomic mass is 9.94. The van der Waals surface area contributed by atoms with Gasteiger partial charge in [0.15, 0.2) is 0 Å². The van der Waals surface area contributed by atoms with Gasteiger partial charge in [-0.1, -0.05) is 6.07 Å². The zero-order chi connectivity index (χ0) is 23.0. The monoisotopic (exact) mass is 486 g/mol. The van der Waals surface area contributed by atoms with E-state index in [-0.39, 0.29) is 12.0 Å². The lowest BCUT2D eigenvalue weighted by molar-refractivity contribution is -0.111. The van der Waals surface area contributed by atoms with Gasteiger partial charge >= 0.3 is 6.09 Å². The summed E-state index contributed by atoms with van der Waals surface area (Å²) >= 11 is 2.94. The minimum atomic E-state index is -0.416. The fraction of sp³-hybridized carbons (Fsp3) is 0.435. The molecule has 0 saturated carbocycles. The number of carbonyl (C=O) groups is 2. The maximum atomic E-state index is 12.3. The number of ether oxygens (including phenoxy) is 2. The molecule has 0 aromatic carbocycles. The van der Waals surface area contributed by atoms with Crippen LogP contribution in [0.2, 0.25) is 0 Å². The van der Waals surface area contributed by atoms with Crippen molar-refractivity contribution in [3.63, 3.8) is 0 Å². The summed E-state index contributed by atoms with van der Waals surface area (Å²) in [4.78, 5) is 28.8. The number of nitrogens with zero attached hydrogens (tertiary/aromatic N) is 2. The maximum absolute atomic E-state index is 12.3. The molecule has 4 rings (SSSR count). The lowest BCUT2D eigenvalue weighted by Crippen LogP contribution is -2.42. The van der Waals surface area contributed by atoms with Crippen molar-refractivity contribution in [2.75, 3.05) is 44.7 Å². The van der Waals surface area contributed by atoms with Crippen molar-refractivity contribution in [1.29, 1.82) is 5.26 Å². The highest BCUT2D eigenvalue weighted by molar-refractivity contribution is 7.16. The molecule has 1 aliphatic carbocycles. The van der Waals surface area contributed by atoms with Crippen LogP contribution in [0.15, 0.2) is 23.6 Å². The Balaban J connectivity index is 1.29. The van der Waals surface area contributed by atoms with Gasteiger partial charge in [0.05, 0.1) is 18.8 Å². The smallest absolute Gasteiger partial charge is 0.407 e. The molecular formula is C23H26N4O4S2. The van der Waals surface area contributed by atoms with Crippen molar-refractivity contribution in [1.82, 2.24) is 10.2 Å². The summed E-state index contributed by atoms with van der Waals surface area (Å²) in [5.74, 6) is -0.272. The molecule has 3 heterocycles. The molecule has 2 amide bonds. The largest absolute Gasteiger partial charge is 0.446 e. The molecule has 10 heteroatoms. The molecule has 1 atom stereocenters. The lowest BCUT2D eigenvalue weighted by Gasteiger charge is -2.27. The minimum absolute atomic E-state index is 0.242. The number of hydrogen-bond acceptors (Lipinski definition) is 8. The Kier molecular flexibility index (Phi) is 8.12. The van der Waals surface area contributed by atoms with E-state index in [0.717, 1.165) is 48.2 Å². The first-order valence-electron chi connectivity index (χ1n) is 10.9. The molecular weight excluding hydrogens is 460 g/mol. The summed E-state index contributed by atoms with van der Waals surface area (Å²) in [6.45, 7) is 4.52. The molecule has 2 aromatic rings. The molecule has 2 aliphatic rings. The van der Waals surface area contributed by atoms with E-state index in [0.29, 0.717) is 36.4 Å². The second kappa shape index (κ2) is 11.4. The molecule has 0 bridgehead atoms. The number of hydrogen-bond donors (Lipinski definition) is 2. The van der Waals surface area contributed by atoms with Crippen molar-refractivity contribution >= 4 is 45.8 Å². The second-order valence-corrected chi connectivity index (χ2v) is 9.89. The quantitative estimate of drug-likeness (QED) is 0.583. The number of nitrogens with one attached hydrogen (secondary N) is 2. The van der Waals surface area contributed by atoms with Gasteiger partial charge in [0.2, 0.25) is 5.91 Å². The molecule has 0 radical (unpaired) electrons. The summed E-state index contributed by atoms with van der Waals surface area (Å²) in [5, 5.41) is 17.8. The van der Waals surface area contributed by atoms with Gasteiger partial charge in [-0.3, -0.25) is 9.69 Å². The number of carbonyl (C=O) groups excluding carboxylic acids is 2.